The van der Waals surface area contributed by atoms with E-state index in [4.69, 9.17) is 11.6 Å². The fraction of sp³-hybridized carbons (Fsp3) is 0. The zero-order chi connectivity index (χ0) is 16.8. The first-order valence-electron chi connectivity index (χ1n) is 6.80. The molecule has 0 amide bonds. The van der Waals surface area contributed by atoms with Crippen LogP contribution in [0.5, 0.6) is 0 Å². The fourth-order valence-electron chi connectivity index (χ4n) is 2.74. The zero-order valence-electron chi connectivity index (χ0n) is 11.8. The van der Waals surface area contributed by atoms with E-state index in [-0.39, 0.29) is 11.3 Å². The van der Waals surface area contributed by atoms with E-state index in [0.29, 0.717) is 27.1 Å². The smallest absolute Gasteiger partial charge is 0.258 e. The van der Waals surface area contributed by atoms with Crippen LogP contribution in [0.2, 0.25) is 5.02 Å². The lowest BCUT2D eigenvalue weighted by Crippen LogP contribution is -2.01. The summed E-state index contributed by atoms with van der Waals surface area (Å²) in [6, 6.07) is 12.4. The molecule has 0 aliphatic heterocycles. The second-order valence-corrected chi connectivity index (χ2v) is 6.36. The number of aromatic nitrogens is 4. The first kappa shape index (κ1) is 15.0. The molecule has 0 aliphatic carbocycles. The van der Waals surface area contributed by atoms with Crippen molar-refractivity contribution < 1.29 is 4.92 Å². The largest absolute Gasteiger partial charge is 0.324 e. The Kier molecular flexibility index (Phi) is 3.43. The summed E-state index contributed by atoms with van der Waals surface area (Å²) in [5.74, 6) is 0. The third kappa shape index (κ3) is 2.15. The van der Waals surface area contributed by atoms with Crippen molar-refractivity contribution in [2.75, 3.05) is 0 Å². The molecule has 4 rings (SSSR count). The minimum absolute atomic E-state index is 0.0738. The molecule has 0 N–H and O–H groups in total. The summed E-state index contributed by atoms with van der Waals surface area (Å²) < 4.78 is 2.14. The van der Waals surface area contributed by atoms with Gasteiger partial charge in [-0.25, -0.2) is 0 Å². The van der Waals surface area contributed by atoms with Crippen molar-refractivity contribution in [3.8, 4) is 11.1 Å². The van der Waals surface area contributed by atoms with E-state index in [1.165, 1.54) is 4.52 Å². The minimum atomic E-state index is -0.481. The Morgan fingerprint density at radius 2 is 2.00 bits per heavy atom. The minimum Gasteiger partial charge on any atom is -0.258 e. The molecule has 0 spiro atoms. The molecule has 0 atom stereocenters. The molecule has 2 aromatic carbocycles. The van der Waals surface area contributed by atoms with Crippen molar-refractivity contribution in [3.05, 3.63) is 62.1 Å². The summed E-state index contributed by atoms with van der Waals surface area (Å²) in [5, 5.41) is 24.1. The predicted molar refractivity (Wildman–Crippen MR) is 93.1 cm³/mol. The van der Waals surface area contributed by atoms with Gasteiger partial charge < -0.3 is 0 Å². The molecule has 0 saturated heterocycles. The number of hydrogen-bond acceptors (Lipinski definition) is 5. The highest BCUT2D eigenvalue weighted by Gasteiger charge is 2.28. The normalized spacial score (nSPS) is 11.2. The van der Waals surface area contributed by atoms with Crippen LogP contribution in [0.25, 0.3) is 27.7 Å². The van der Waals surface area contributed by atoms with Gasteiger partial charge in [-0.2, -0.15) is 4.52 Å². The number of pyridine rings is 1. The van der Waals surface area contributed by atoms with E-state index in [2.05, 4.69) is 31.5 Å². The van der Waals surface area contributed by atoms with Gasteiger partial charge in [0.25, 0.3) is 5.65 Å². The third-order valence-corrected chi connectivity index (χ3v) is 4.52. The molecule has 2 heterocycles. The molecule has 0 unspecified atom stereocenters. The van der Waals surface area contributed by atoms with Gasteiger partial charge in [0.15, 0.2) is 0 Å². The van der Waals surface area contributed by atoms with Crippen molar-refractivity contribution >= 4 is 49.8 Å². The molecule has 9 heteroatoms. The van der Waals surface area contributed by atoms with E-state index in [0.717, 1.165) is 4.47 Å². The van der Waals surface area contributed by atoms with E-state index >= 15 is 0 Å². The molecular formula is C15H7BrClN5O2. The Morgan fingerprint density at radius 3 is 2.75 bits per heavy atom. The fourth-order valence-corrected chi connectivity index (χ4v) is 3.33. The first-order valence-corrected chi connectivity index (χ1v) is 7.97. The summed E-state index contributed by atoms with van der Waals surface area (Å²) >= 11 is 9.72. The van der Waals surface area contributed by atoms with Crippen molar-refractivity contribution in [3.63, 3.8) is 0 Å². The molecule has 0 aliphatic rings. The van der Waals surface area contributed by atoms with Crippen molar-refractivity contribution in [2.24, 2.45) is 0 Å². The Morgan fingerprint density at radius 1 is 1.21 bits per heavy atom. The van der Waals surface area contributed by atoms with Gasteiger partial charge in [0.1, 0.15) is 0 Å². The maximum atomic E-state index is 11.8. The van der Waals surface area contributed by atoms with Crippen molar-refractivity contribution in [1.29, 1.82) is 0 Å². The van der Waals surface area contributed by atoms with Gasteiger partial charge in [-0.1, -0.05) is 45.7 Å². The van der Waals surface area contributed by atoms with Crippen LogP contribution >= 0.6 is 27.5 Å². The molecule has 0 bridgehead atoms. The molecule has 7 nitrogen and oxygen atoms in total. The van der Waals surface area contributed by atoms with Gasteiger partial charge in [-0.05, 0) is 34.7 Å². The Balaban J connectivity index is 2.31. The Hall–Kier alpha value is -2.58. The number of nitrogens with zero attached hydrogens (tertiary/aromatic N) is 5. The number of tetrazole rings is 1. The zero-order valence-corrected chi connectivity index (χ0v) is 14.2. The van der Waals surface area contributed by atoms with E-state index in [9.17, 15) is 10.1 Å². The van der Waals surface area contributed by atoms with Gasteiger partial charge in [-0.15, -0.1) is 5.10 Å². The lowest BCUT2D eigenvalue weighted by atomic mass is 9.99. The molecule has 24 heavy (non-hydrogen) atoms. The lowest BCUT2D eigenvalue weighted by Gasteiger charge is -2.11. The van der Waals surface area contributed by atoms with Gasteiger partial charge >= 0.3 is 5.69 Å². The quantitative estimate of drug-likeness (QED) is 0.368. The second kappa shape index (κ2) is 5.50. The number of fused-ring (bicyclic) bond motifs is 3. The molecule has 0 saturated carbocycles. The SMILES string of the molecule is O=[N+]([O-])c1c(-c2ccccc2Cl)c2cc(Br)ccc2n2nnnc12. The summed E-state index contributed by atoms with van der Waals surface area (Å²) in [6.07, 6.45) is 0. The van der Waals surface area contributed by atoms with Gasteiger partial charge in [0, 0.05) is 20.4 Å². The maximum absolute atomic E-state index is 11.8. The summed E-state index contributed by atoms with van der Waals surface area (Å²) in [7, 11) is 0. The summed E-state index contributed by atoms with van der Waals surface area (Å²) in [5.41, 5.74) is 1.49. The molecule has 0 radical (unpaired) electrons. The van der Waals surface area contributed by atoms with Crippen LogP contribution in [0, 0.1) is 10.1 Å². The standard InChI is InChI=1S/C15H7BrClN5O2/c16-8-5-6-12-10(7-8)13(9-3-1-2-4-11(9)17)14(22(23)24)15-18-19-20-21(12)15/h1-7H. The van der Waals surface area contributed by atoms with E-state index in [1.54, 1.807) is 36.4 Å². The molecule has 0 fully saturated rings. The monoisotopic (exact) mass is 403 g/mol. The van der Waals surface area contributed by atoms with Crippen LogP contribution in [0.15, 0.2) is 46.9 Å². The highest BCUT2D eigenvalue weighted by atomic mass is 79.9. The highest BCUT2D eigenvalue weighted by Crippen LogP contribution is 2.42. The van der Waals surface area contributed by atoms with Gasteiger partial charge in [0.2, 0.25) is 0 Å². The highest BCUT2D eigenvalue weighted by molar-refractivity contribution is 9.10. The summed E-state index contributed by atoms with van der Waals surface area (Å²) in [6.45, 7) is 0. The van der Waals surface area contributed by atoms with Crippen LogP contribution < -0.4 is 0 Å². The Labute approximate surface area is 148 Å². The number of hydrogen-bond donors (Lipinski definition) is 0. The van der Waals surface area contributed by atoms with Crippen molar-refractivity contribution in [2.45, 2.75) is 0 Å². The lowest BCUT2D eigenvalue weighted by molar-refractivity contribution is -0.382. The molecule has 2 aromatic heterocycles. The molecule has 118 valence electrons. The van der Waals surface area contributed by atoms with Crippen LogP contribution in [0.4, 0.5) is 5.69 Å². The van der Waals surface area contributed by atoms with E-state index in [1.807, 2.05) is 6.07 Å². The Bertz CT molecular complexity index is 1130. The van der Waals surface area contributed by atoms with Crippen LogP contribution in [0.3, 0.4) is 0 Å². The molecule has 4 aromatic rings. The first-order chi connectivity index (χ1) is 11.6. The third-order valence-electron chi connectivity index (χ3n) is 3.70. The number of halogens is 2. The van der Waals surface area contributed by atoms with Crippen LogP contribution in [-0.2, 0) is 0 Å². The predicted octanol–water partition coefficient (Wildman–Crippen LogP) is 4.27. The van der Waals surface area contributed by atoms with Crippen molar-refractivity contribution in [1.82, 2.24) is 20.0 Å². The number of rotatable bonds is 2. The average molecular weight is 405 g/mol. The van der Waals surface area contributed by atoms with Crippen LogP contribution in [-0.4, -0.2) is 25.0 Å². The topological polar surface area (TPSA) is 86.2 Å². The summed E-state index contributed by atoms with van der Waals surface area (Å²) in [4.78, 5) is 11.3. The number of benzene rings is 2. The molecular weight excluding hydrogens is 398 g/mol. The number of nitro groups is 1. The second-order valence-electron chi connectivity index (χ2n) is 5.04. The maximum Gasteiger partial charge on any atom is 0.324 e. The average Bonchev–Trinajstić information content (AvgIpc) is 3.03. The van der Waals surface area contributed by atoms with E-state index < -0.39 is 4.92 Å². The van der Waals surface area contributed by atoms with Gasteiger partial charge in [0.05, 0.1) is 16.0 Å². The van der Waals surface area contributed by atoms with Gasteiger partial charge in [-0.3, -0.25) is 10.1 Å². The van der Waals surface area contributed by atoms with Crippen LogP contribution in [0.1, 0.15) is 0 Å².